The molecule has 1 aromatic rings. The van der Waals surface area contributed by atoms with E-state index in [1.807, 2.05) is 0 Å². The van der Waals surface area contributed by atoms with Crippen LogP contribution in [0.3, 0.4) is 0 Å². The summed E-state index contributed by atoms with van der Waals surface area (Å²) >= 11 is 0. The molecule has 11 nitrogen and oxygen atoms in total. The van der Waals surface area contributed by atoms with Gasteiger partial charge in [-0.1, -0.05) is 6.42 Å². The minimum absolute atomic E-state index is 0.381. The van der Waals surface area contributed by atoms with E-state index in [0.29, 0.717) is 31.4 Å². The number of aliphatic hydroxyl groups is 1. The zero-order chi connectivity index (χ0) is 17.1. The SMILES string of the molecule is O=[N+]([O-])c1cc([N+](=O)[O-])c(OC2CCCCC2O)c([N+](=O)[O-])c1. The predicted molar refractivity (Wildman–Crippen MR) is 75.3 cm³/mol. The molecule has 0 aromatic heterocycles. The van der Waals surface area contributed by atoms with Crippen LogP contribution in [0.25, 0.3) is 0 Å². The van der Waals surface area contributed by atoms with Crippen LogP contribution in [0, 0.1) is 30.3 Å². The van der Waals surface area contributed by atoms with Gasteiger partial charge in [-0.3, -0.25) is 30.3 Å². The van der Waals surface area contributed by atoms with E-state index in [2.05, 4.69) is 0 Å². The van der Waals surface area contributed by atoms with Gasteiger partial charge >= 0.3 is 11.4 Å². The number of hydrogen-bond donors (Lipinski definition) is 1. The summed E-state index contributed by atoms with van der Waals surface area (Å²) in [6.07, 6.45) is 0.522. The molecular formula is C12H13N3O8. The molecular weight excluding hydrogens is 314 g/mol. The number of nitrogens with zero attached hydrogens (tertiary/aromatic N) is 3. The standard InChI is InChI=1S/C12H13N3O8/c16-10-3-1-2-4-11(10)23-12-8(14(19)20)5-7(13(17)18)6-9(12)15(21)22/h5-6,10-11,16H,1-4H2. The quantitative estimate of drug-likeness (QED) is 0.635. The smallest absolute Gasteiger partial charge is 0.325 e. The summed E-state index contributed by atoms with van der Waals surface area (Å²) in [5, 5.41) is 42.9. The fourth-order valence-electron chi connectivity index (χ4n) is 2.45. The molecule has 1 aliphatic rings. The Bertz CT molecular complexity index is 627. The van der Waals surface area contributed by atoms with E-state index in [1.165, 1.54) is 0 Å². The van der Waals surface area contributed by atoms with Crippen molar-refractivity contribution >= 4 is 17.1 Å². The molecule has 0 amide bonds. The highest BCUT2D eigenvalue weighted by atomic mass is 16.6. The van der Waals surface area contributed by atoms with Crippen molar-refractivity contribution in [3.63, 3.8) is 0 Å². The zero-order valence-corrected chi connectivity index (χ0v) is 11.8. The van der Waals surface area contributed by atoms with Crippen molar-refractivity contribution in [3.8, 4) is 5.75 Å². The first-order chi connectivity index (χ1) is 10.8. The fourth-order valence-corrected chi connectivity index (χ4v) is 2.45. The maximum atomic E-state index is 11.1. The van der Waals surface area contributed by atoms with Gasteiger partial charge < -0.3 is 9.84 Å². The first kappa shape index (κ1) is 16.5. The number of benzene rings is 1. The molecule has 0 spiro atoms. The Hall–Kier alpha value is -2.82. The van der Waals surface area contributed by atoms with Gasteiger partial charge in [0.25, 0.3) is 11.4 Å². The molecule has 11 heteroatoms. The maximum absolute atomic E-state index is 11.1. The van der Waals surface area contributed by atoms with Crippen LogP contribution >= 0.6 is 0 Å². The first-order valence-corrected chi connectivity index (χ1v) is 6.77. The molecule has 1 saturated carbocycles. The Morgan fingerprint density at radius 2 is 1.48 bits per heavy atom. The van der Waals surface area contributed by atoms with Gasteiger partial charge in [0.15, 0.2) is 0 Å². The number of rotatable bonds is 5. The molecule has 1 fully saturated rings. The Balaban J connectivity index is 2.52. The Morgan fingerprint density at radius 1 is 0.957 bits per heavy atom. The second kappa shape index (κ2) is 6.52. The van der Waals surface area contributed by atoms with Crippen molar-refractivity contribution in [1.29, 1.82) is 0 Å². The lowest BCUT2D eigenvalue weighted by molar-refractivity contribution is -0.404. The van der Waals surface area contributed by atoms with Gasteiger partial charge in [0.1, 0.15) is 6.10 Å². The molecule has 1 N–H and O–H groups in total. The van der Waals surface area contributed by atoms with E-state index in [4.69, 9.17) is 4.74 Å². The number of hydrogen-bond acceptors (Lipinski definition) is 8. The predicted octanol–water partition coefficient (Wildman–Crippen LogP) is 2.09. The molecule has 0 bridgehead atoms. The summed E-state index contributed by atoms with van der Waals surface area (Å²) in [6.45, 7) is 0. The molecule has 0 heterocycles. The summed E-state index contributed by atoms with van der Waals surface area (Å²) in [6, 6.07) is 1.22. The molecule has 0 radical (unpaired) electrons. The largest absolute Gasteiger partial charge is 0.476 e. The number of nitro benzene ring substituents is 3. The topological polar surface area (TPSA) is 159 Å². The summed E-state index contributed by atoms with van der Waals surface area (Å²) in [5.41, 5.74) is -2.52. The lowest BCUT2D eigenvalue weighted by atomic mass is 9.95. The Labute approximate surface area is 128 Å². The molecule has 0 aliphatic heterocycles. The van der Waals surface area contributed by atoms with Gasteiger partial charge in [-0.2, -0.15) is 0 Å². The number of non-ortho nitro benzene ring substituents is 1. The van der Waals surface area contributed by atoms with Gasteiger partial charge in [-0.05, 0) is 19.3 Å². The van der Waals surface area contributed by atoms with Crippen molar-refractivity contribution in [2.24, 2.45) is 0 Å². The summed E-state index contributed by atoms with van der Waals surface area (Å²) in [4.78, 5) is 30.1. The zero-order valence-electron chi connectivity index (χ0n) is 11.8. The van der Waals surface area contributed by atoms with E-state index in [9.17, 15) is 35.4 Å². The molecule has 2 rings (SSSR count). The molecule has 1 aromatic carbocycles. The van der Waals surface area contributed by atoms with E-state index < -0.39 is 49.8 Å². The van der Waals surface area contributed by atoms with E-state index in [0.717, 1.165) is 6.42 Å². The summed E-state index contributed by atoms with van der Waals surface area (Å²) in [7, 11) is 0. The average Bonchev–Trinajstić information content (AvgIpc) is 2.48. The van der Waals surface area contributed by atoms with Crippen molar-refractivity contribution in [3.05, 3.63) is 42.5 Å². The molecule has 2 unspecified atom stereocenters. The van der Waals surface area contributed by atoms with Crippen LogP contribution in [0.5, 0.6) is 5.75 Å². The summed E-state index contributed by atoms with van der Waals surface area (Å²) in [5.74, 6) is -0.670. The molecule has 124 valence electrons. The highest BCUT2D eigenvalue weighted by Crippen LogP contribution is 2.42. The number of aliphatic hydroxyl groups excluding tert-OH is 1. The van der Waals surface area contributed by atoms with Crippen LogP contribution in [-0.4, -0.2) is 32.1 Å². The second-order valence-corrected chi connectivity index (χ2v) is 5.09. The van der Waals surface area contributed by atoms with Gasteiger partial charge in [0.05, 0.1) is 33.0 Å². The third-order valence-corrected chi connectivity index (χ3v) is 3.58. The minimum atomic E-state index is -0.982. The van der Waals surface area contributed by atoms with Crippen LogP contribution in [0.1, 0.15) is 25.7 Å². The molecule has 0 saturated heterocycles. The van der Waals surface area contributed by atoms with E-state index in [1.54, 1.807) is 0 Å². The number of nitro groups is 3. The first-order valence-electron chi connectivity index (χ1n) is 6.77. The summed E-state index contributed by atoms with van der Waals surface area (Å²) < 4.78 is 5.33. The molecule has 2 atom stereocenters. The van der Waals surface area contributed by atoms with Gasteiger partial charge in [-0.15, -0.1) is 0 Å². The molecule has 23 heavy (non-hydrogen) atoms. The minimum Gasteiger partial charge on any atom is -0.476 e. The second-order valence-electron chi connectivity index (χ2n) is 5.09. The van der Waals surface area contributed by atoms with Crippen LogP contribution in [0.15, 0.2) is 12.1 Å². The highest BCUT2D eigenvalue weighted by molar-refractivity contribution is 5.65. The van der Waals surface area contributed by atoms with Crippen LogP contribution < -0.4 is 4.74 Å². The average molecular weight is 327 g/mol. The van der Waals surface area contributed by atoms with Crippen LogP contribution in [0.4, 0.5) is 17.1 Å². The van der Waals surface area contributed by atoms with Crippen molar-refractivity contribution in [1.82, 2.24) is 0 Å². The lowest BCUT2D eigenvalue weighted by Gasteiger charge is -2.27. The van der Waals surface area contributed by atoms with Crippen molar-refractivity contribution < 1.29 is 24.6 Å². The monoisotopic (exact) mass is 327 g/mol. The van der Waals surface area contributed by atoms with Gasteiger partial charge in [0, 0.05) is 0 Å². The third-order valence-electron chi connectivity index (χ3n) is 3.58. The van der Waals surface area contributed by atoms with E-state index in [-0.39, 0.29) is 0 Å². The Kier molecular flexibility index (Phi) is 4.69. The van der Waals surface area contributed by atoms with E-state index >= 15 is 0 Å². The fraction of sp³-hybridized carbons (Fsp3) is 0.500. The third kappa shape index (κ3) is 3.51. The molecule has 1 aliphatic carbocycles. The van der Waals surface area contributed by atoms with Crippen molar-refractivity contribution in [2.45, 2.75) is 37.9 Å². The lowest BCUT2D eigenvalue weighted by Crippen LogP contribution is -2.35. The van der Waals surface area contributed by atoms with Crippen LogP contribution in [0.2, 0.25) is 0 Å². The normalized spacial score (nSPS) is 20.7. The van der Waals surface area contributed by atoms with Crippen LogP contribution in [-0.2, 0) is 0 Å². The van der Waals surface area contributed by atoms with Gasteiger partial charge in [-0.25, -0.2) is 0 Å². The Morgan fingerprint density at radius 3 is 1.91 bits per heavy atom. The van der Waals surface area contributed by atoms with Crippen molar-refractivity contribution in [2.75, 3.05) is 0 Å². The highest BCUT2D eigenvalue weighted by Gasteiger charge is 2.35. The number of ether oxygens (including phenoxy) is 1. The maximum Gasteiger partial charge on any atom is 0.325 e. The van der Waals surface area contributed by atoms with Gasteiger partial charge in [0.2, 0.25) is 0 Å².